The molecule has 0 bridgehead atoms. The Kier molecular flexibility index (Phi) is 3.62. The molecule has 1 N–H and O–H groups in total. The zero-order valence-electron chi connectivity index (χ0n) is 5.20. The number of aliphatic hydroxyl groups excluding tert-OH is 1. The Labute approximate surface area is 53.1 Å². The average molecular weight is 131 g/mol. The van der Waals surface area contributed by atoms with Crippen LogP contribution < -0.4 is 0 Å². The average Bonchev–Trinajstić information content (AvgIpc) is 1.87. The van der Waals surface area contributed by atoms with Gasteiger partial charge in [0.1, 0.15) is 12.9 Å². The van der Waals surface area contributed by atoms with Crippen LogP contribution in [0.15, 0.2) is 0 Å². The minimum absolute atomic E-state index is 0.0411. The maximum Gasteiger partial charge on any atom is 0.248 e. The molecule has 0 atom stereocenters. The summed E-state index contributed by atoms with van der Waals surface area (Å²) in [6, 6.07) is 0. The number of hydrogen-bond acceptors (Lipinski definition) is 3. The number of likely N-dealkylation sites (N-methyl/N-ethyl adjacent to an activating group) is 1. The van der Waals surface area contributed by atoms with Crippen LogP contribution in [0.5, 0.6) is 0 Å². The van der Waals surface area contributed by atoms with Crippen LogP contribution in [-0.4, -0.2) is 42.4 Å². The molecule has 0 saturated heterocycles. The highest BCUT2D eigenvalue weighted by Crippen LogP contribution is 1.78. The fourth-order valence-corrected chi connectivity index (χ4v) is 0.334. The van der Waals surface area contributed by atoms with Crippen LogP contribution in [0.3, 0.4) is 0 Å². The summed E-state index contributed by atoms with van der Waals surface area (Å²) >= 11 is 0. The Hall–Kier alpha value is -0.900. The van der Waals surface area contributed by atoms with Crippen molar-refractivity contribution in [1.29, 1.82) is 0 Å². The van der Waals surface area contributed by atoms with E-state index in [1.807, 2.05) is 0 Å². The van der Waals surface area contributed by atoms with E-state index in [-0.39, 0.29) is 6.54 Å². The number of aliphatic hydroxyl groups is 1. The fourth-order valence-electron chi connectivity index (χ4n) is 0.334. The molecule has 0 aromatic heterocycles. The molecule has 0 saturated carbocycles. The summed E-state index contributed by atoms with van der Waals surface area (Å²) in [6.07, 6.45) is 0.605. The largest absolute Gasteiger partial charge is 0.387 e. The van der Waals surface area contributed by atoms with Gasteiger partial charge in [0.25, 0.3) is 0 Å². The van der Waals surface area contributed by atoms with E-state index in [9.17, 15) is 9.59 Å². The number of rotatable bonds is 3. The molecule has 0 unspecified atom stereocenters. The molecule has 0 spiro atoms. The third kappa shape index (κ3) is 2.81. The van der Waals surface area contributed by atoms with Crippen molar-refractivity contribution in [1.82, 2.24) is 4.90 Å². The number of amides is 1. The molecule has 4 nitrogen and oxygen atoms in total. The van der Waals surface area contributed by atoms with Crippen LogP contribution in [0.25, 0.3) is 0 Å². The van der Waals surface area contributed by atoms with Crippen LogP contribution in [0, 0.1) is 0 Å². The molecular weight excluding hydrogens is 122 g/mol. The predicted molar refractivity (Wildman–Crippen MR) is 30.8 cm³/mol. The Balaban J connectivity index is 3.58. The Bertz CT molecular complexity index is 113. The van der Waals surface area contributed by atoms with Crippen molar-refractivity contribution >= 4 is 12.2 Å². The van der Waals surface area contributed by atoms with Gasteiger partial charge in [0.05, 0.1) is 6.54 Å². The maximum atomic E-state index is 10.4. The molecular formula is C5H9NO3. The van der Waals surface area contributed by atoms with E-state index in [0.717, 1.165) is 4.90 Å². The number of hydrogen-bond donors (Lipinski definition) is 1. The normalized spacial score (nSPS) is 8.67. The highest BCUT2D eigenvalue weighted by Gasteiger charge is 2.03. The van der Waals surface area contributed by atoms with E-state index >= 15 is 0 Å². The summed E-state index contributed by atoms with van der Waals surface area (Å²) in [5.41, 5.74) is 0. The lowest BCUT2D eigenvalue weighted by Crippen LogP contribution is -2.30. The van der Waals surface area contributed by atoms with Gasteiger partial charge < -0.3 is 14.8 Å². The Morgan fingerprint density at radius 1 is 1.78 bits per heavy atom. The lowest BCUT2D eigenvalue weighted by molar-refractivity contribution is -0.134. The van der Waals surface area contributed by atoms with Crippen LogP contribution in [0.2, 0.25) is 0 Å². The first kappa shape index (κ1) is 8.10. The third-order valence-electron chi connectivity index (χ3n) is 0.909. The molecule has 0 radical (unpaired) electrons. The van der Waals surface area contributed by atoms with Crippen molar-refractivity contribution in [2.45, 2.75) is 0 Å². The van der Waals surface area contributed by atoms with Crippen molar-refractivity contribution < 1.29 is 14.7 Å². The van der Waals surface area contributed by atoms with Crippen molar-refractivity contribution in [2.75, 3.05) is 20.2 Å². The highest BCUT2D eigenvalue weighted by molar-refractivity contribution is 5.78. The SMILES string of the molecule is CN(CC=O)C(=O)CO. The van der Waals surface area contributed by atoms with Gasteiger partial charge in [-0.1, -0.05) is 0 Å². The first-order valence-corrected chi connectivity index (χ1v) is 2.50. The van der Waals surface area contributed by atoms with Crippen molar-refractivity contribution in [2.24, 2.45) is 0 Å². The van der Waals surface area contributed by atoms with E-state index < -0.39 is 12.5 Å². The van der Waals surface area contributed by atoms with E-state index in [1.165, 1.54) is 7.05 Å². The van der Waals surface area contributed by atoms with E-state index in [0.29, 0.717) is 6.29 Å². The molecule has 0 aliphatic heterocycles. The van der Waals surface area contributed by atoms with Crippen molar-refractivity contribution in [3.8, 4) is 0 Å². The molecule has 9 heavy (non-hydrogen) atoms. The smallest absolute Gasteiger partial charge is 0.248 e. The number of nitrogens with zero attached hydrogens (tertiary/aromatic N) is 1. The van der Waals surface area contributed by atoms with Gasteiger partial charge in [0.2, 0.25) is 5.91 Å². The molecule has 4 heteroatoms. The first-order chi connectivity index (χ1) is 4.22. The predicted octanol–water partition coefficient (Wildman–Crippen LogP) is -1.36. The number of carbonyl (C=O) groups excluding carboxylic acids is 2. The van der Waals surface area contributed by atoms with Gasteiger partial charge in [-0.2, -0.15) is 0 Å². The molecule has 0 rings (SSSR count). The highest BCUT2D eigenvalue weighted by atomic mass is 16.3. The first-order valence-electron chi connectivity index (χ1n) is 2.50. The van der Waals surface area contributed by atoms with E-state index in [4.69, 9.17) is 5.11 Å². The summed E-state index contributed by atoms with van der Waals surface area (Å²) in [4.78, 5) is 21.3. The topological polar surface area (TPSA) is 57.6 Å². The number of carbonyl (C=O) groups is 2. The summed E-state index contributed by atoms with van der Waals surface area (Å²) in [5.74, 6) is -0.442. The second-order valence-corrected chi connectivity index (χ2v) is 1.60. The lowest BCUT2D eigenvalue weighted by atomic mass is 10.5. The molecule has 1 amide bonds. The van der Waals surface area contributed by atoms with Gasteiger partial charge in [0, 0.05) is 7.05 Å². The third-order valence-corrected chi connectivity index (χ3v) is 0.909. The molecule has 0 aliphatic rings. The molecule has 0 aromatic rings. The monoisotopic (exact) mass is 131 g/mol. The van der Waals surface area contributed by atoms with Gasteiger partial charge in [-0.3, -0.25) is 4.79 Å². The molecule has 0 fully saturated rings. The summed E-state index contributed by atoms with van der Waals surface area (Å²) < 4.78 is 0. The van der Waals surface area contributed by atoms with Crippen molar-refractivity contribution in [3.63, 3.8) is 0 Å². The Morgan fingerprint density at radius 2 is 2.33 bits per heavy atom. The zero-order chi connectivity index (χ0) is 7.28. The summed E-state index contributed by atoms with van der Waals surface area (Å²) in [7, 11) is 1.45. The van der Waals surface area contributed by atoms with Crippen LogP contribution in [0.1, 0.15) is 0 Å². The molecule has 0 aromatic carbocycles. The number of aldehydes is 1. The maximum absolute atomic E-state index is 10.4. The summed E-state index contributed by atoms with van der Waals surface area (Å²) in [5, 5.41) is 8.22. The fraction of sp³-hybridized carbons (Fsp3) is 0.600. The zero-order valence-corrected chi connectivity index (χ0v) is 5.20. The van der Waals surface area contributed by atoms with Gasteiger partial charge in [-0.25, -0.2) is 0 Å². The van der Waals surface area contributed by atoms with Crippen molar-refractivity contribution in [3.05, 3.63) is 0 Å². The Morgan fingerprint density at radius 3 is 2.67 bits per heavy atom. The molecule has 52 valence electrons. The molecule has 0 heterocycles. The van der Waals surface area contributed by atoms with Gasteiger partial charge >= 0.3 is 0 Å². The van der Waals surface area contributed by atoms with E-state index in [2.05, 4.69) is 0 Å². The molecule has 0 aliphatic carbocycles. The minimum Gasteiger partial charge on any atom is -0.387 e. The lowest BCUT2D eigenvalue weighted by Gasteiger charge is -2.10. The van der Waals surface area contributed by atoms with Gasteiger partial charge in [-0.15, -0.1) is 0 Å². The summed E-state index contributed by atoms with van der Waals surface area (Å²) in [6.45, 7) is -0.496. The quantitative estimate of drug-likeness (QED) is 0.481. The second kappa shape index (κ2) is 4.03. The van der Waals surface area contributed by atoms with Crippen LogP contribution in [-0.2, 0) is 9.59 Å². The van der Waals surface area contributed by atoms with Gasteiger partial charge in [0.15, 0.2) is 0 Å². The van der Waals surface area contributed by atoms with Crippen LogP contribution >= 0.6 is 0 Å². The second-order valence-electron chi connectivity index (χ2n) is 1.60. The van der Waals surface area contributed by atoms with E-state index in [1.54, 1.807) is 0 Å². The van der Waals surface area contributed by atoms with Gasteiger partial charge in [-0.05, 0) is 0 Å². The minimum atomic E-state index is -0.537. The standard InChI is InChI=1S/C5H9NO3/c1-6(2-3-7)5(9)4-8/h3,8H,2,4H2,1H3. The van der Waals surface area contributed by atoms with Crippen LogP contribution in [0.4, 0.5) is 0 Å².